The van der Waals surface area contributed by atoms with Gasteiger partial charge in [0.15, 0.2) is 0 Å². The number of rotatable bonds is 5. The molecular formula is C19H31Cl2N3O. The van der Waals surface area contributed by atoms with E-state index in [0.29, 0.717) is 18.1 Å². The van der Waals surface area contributed by atoms with Gasteiger partial charge in [-0.3, -0.25) is 9.69 Å². The van der Waals surface area contributed by atoms with Gasteiger partial charge in [-0.05, 0) is 38.2 Å². The fraction of sp³-hybridized carbons (Fsp3) is 0.632. The number of hydrogen-bond acceptors (Lipinski definition) is 3. The highest BCUT2D eigenvalue weighted by Gasteiger charge is 2.41. The summed E-state index contributed by atoms with van der Waals surface area (Å²) in [5.41, 5.74) is 7.23. The number of nitrogens with zero attached hydrogens (tertiary/aromatic N) is 1. The Kier molecular flexibility index (Phi) is 8.69. The van der Waals surface area contributed by atoms with Crippen molar-refractivity contribution < 1.29 is 4.79 Å². The van der Waals surface area contributed by atoms with Crippen LogP contribution in [0.2, 0.25) is 0 Å². The zero-order valence-corrected chi connectivity index (χ0v) is 16.7. The number of piperidine rings is 1. The third-order valence-electron chi connectivity index (χ3n) is 5.64. The predicted octanol–water partition coefficient (Wildman–Crippen LogP) is 3.13. The quantitative estimate of drug-likeness (QED) is 0.815. The number of hydrogen-bond donors (Lipinski definition) is 2. The summed E-state index contributed by atoms with van der Waals surface area (Å²) in [4.78, 5) is 14.9. The Balaban J connectivity index is 0.00000156. The van der Waals surface area contributed by atoms with E-state index in [1.54, 1.807) is 0 Å². The second kappa shape index (κ2) is 9.77. The molecule has 142 valence electrons. The molecule has 1 aromatic rings. The average molecular weight is 388 g/mol. The molecule has 2 aliphatic heterocycles. The van der Waals surface area contributed by atoms with E-state index in [9.17, 15) is 4.79 Å². The number of nitrogens with two attached hydrogens (primary N) is 1. The molecule has 2 heterocycles. The highest BCUT2D eigenvalue weighted by molar-refractivity contribution is 5.85. The number of halogens is 2. The number of fused-ring (bicyclic) bond motifs is 2. The molecule has 4 atom stereocenters. The van der Waals surface area contributed by atoms with Gasteiger partial charge in [0.1, 0.15) is 0 Å². The van der Waals surface area contributed by atoms with Gasteiger partial charge in [0.2, 0.25) is 5.91 Å². The van der Waals surface area contributed by atoms with Crippen LogP contribution in [0.5, 0.6) is 0 Å². The molecule has 2 bridgehead atoms. The lowest BCUT2D eigenvalue weighted by atomic mass is 9.95. The molecule has 0 aliphatic carbocycles. The topological polar surface area (TPSA) is 58.4 Å². The summed E-state index contributed by atoms with van der Waals surface area (Å²) < 4.78 is 0. The molecule has 6 heteroatoms. The first-order valence-electron chi connectivity index (χ1n) is 8.90. The van der Waals surface area contributed by atoms with Crippen molar-refractivity contribution in [2.45, 2.75) is 70.2 Å². The second-order valence-electron chi connectivity index (χ2n) is 7.37. The molecule has 2 aliphatic rings. The molecule has 0 saturated carbocycles. The molecule has 0 radical (unpaired) electrons. The summed E-state index contributed by atoms with van der Waals surface area (Å²) >= 11 is 0. The van der Waals surface area contributed by atoms with Gasteiger partial charge in [0.25, 0.3) is 0 Å². The first-order valence-corrected chi connectivity index (χ1v) is 8.90. The van der Waals surface area contributed by atoms with Crippen molar-refractivity contribution in [1.82, 2.24) is 10.2 Å². The van der Waals surface area contributed by atoms with E-state index in [2.05, 4.69) is 40.5 Å². The standard InChI is InChI=1S/C19H29N3O.2ClH/c1-13(14(2)20)19(23)21-16-10-17-8-9-18(11-16)22(17)12-15-6-4-3-5-7-15;;/h3-7,13-14,16-18H,8-12,20H2,1-2H3,(H,21,23);2*1H. The van der Waals surface area contributed by atoms with Crippen LogP contribution >= 0.6 is 24.8 Å². The minimum atomic E-state index is -0.116. The normalized spacial score (nSPS) is 27.6. The van der Waals surface area contributed by atoms with Crippen LogP contribution in [0, 0.1) is 5.92 Å². The zero-order valence-electron chi connectivity index (χ0n) is 15.1. The predicted molar refractivity (Wildman–Crippen MR) is 107 cm³/mol. The molecule has 4 unspecified atom stereocenters. The maximum atomic E-state index is 12.3. The van der Waals surface area contributed by atoms with Gasteiger partial charge in [0, 0.05) is 36.6 Å². The van der Waals surface area contributed by atoms with E-state index < -0.39 is 0 Å². The van der Waals surface area contributed by atoms with Crippen molar-refractivity contribution in [3.8, 4) is 0 Å². The smallest absolute Gasteiger partial charge is 0.224 e. The lowest BCUT2D eigenvalue weighted by Gasteiger charge is -2.39. The number of carbonyl (C=O) groups excluding carboxylic acids is 1. The van der Waals surface area contributed by atoms with Crippen molar-refractivity contribution in [1.29, 1.82) is 0 Å². The van der Waals surface area contributed by atoms with Crippen molar-refractivity contribution >= 4 is 30.7 Å². The Morgan fingerprint density at radius 2 is 1.72 bits per heavy atom. The molecule has 0 spiro atoms. The fourth-order valence-corrected chi connectivity index (χ4v) is 4.02. The third-order valence-corrected chi connectivity index (χ3v) is 5.64. The Morgan fingerprint density at radius 1 is 1.16 bits per heavy atom. The minimum absolute atomic E-state index is 0. The van der Waals surface area contributed by atoms with Gasteiger partial charge in [-0.15, -0.1) is 24.8 Å². The number of benzene rings is 1. The van der Waals surface area contributed by atoms with Gasteiger partial charge in [-0.2, -0.15) is 0 Å². The Labute approximate surface area is 163 Å². The average Bonchev–Trinajstić information content (AvgIpc) is 2.77. The highest BCUT2D eigenvalue weighted by atomic mass is 35.5. The van der Waals surface area contributed by atoms with Crippen LogP contribution in [-0.4, -0.2) is 35.0 Å². The van der Waals surface area contributed by atoms with Crippen LogP contribution in [0.15, 0.2) is 30.3 Å². The Morgan fingerprint density at radius 3 is 2.24 bits per heavy atom. The fourth-order valence-electron chi connectivity index (χ4n) is 4.02. The first-order chi connectivity index (χ1) is 11.0. The Hall–Kier alpha value is -0.810. The number of amides is 1. The van der Waals surface area contributed by atoms with Crippen molar-refractivity contribution in [2.24, 2.45) is 11.7 Å². The summed E-state index contributed by atoms with van der Waals surface area (Å²) in [5.74, 6) is -0.00379. The van der Waals surface area contributed by atoms with Gasteiger partial charge >= 0.3 is 0 Å². The van der Waals surface area contributed by atoms with E-state index in [-0.39, 0.29) is 42.7 Å². The van der Waals surface area contributed by atoms with Crippen molar-refractivity contribution in [2.75, 3.05) is 0 Å². The van der Waals surface area contributed by atoms with Gasteiger partial charge in [0.05, 0.1) is 0 Å². The zero-order chi connectivity index (χ0) is 16.4. The molecule has 2 fully saturated rings. The first kappa shape index (κ1) is 22.2. The molecule has 3 rings (SSSR count). The molecule has 3 N–H and O–H groups in total. The van der Waals surface area contributed by atoms with Crippen LogP contribution < -0.4 is 11.1 Å². The van der Waals surface area contributed by atoms with E-state index in [1.807, 2.05) is 13.8 Å². The van der Waals surface area contributed by atoms with Crippen LogP contribution in [0.25, 0.3) is 0 Å². The molecule has 4 nitrogen and oxygen atoms in total. The van der Waals surface area contributed by atoms with Crippen molar-refractivity contribution in [3.63, 3.8) is 0 Å². The minimum Gasteiger partial charge on any atom is -0.353 e. The SMILES string of the molecule is CC(N)C(C)C(=O)NC1CC2CCC(C1)N2Cc1ccccc1.Cl.Cl. The highest BCUT2D eigenvalue weighted by Crippen LogP contribution is 2.36. The largest absolute Gasteiger partial charge is 0.353 e. The Bertz CT molecular complexity index is 527. The van der Waals surface area contributed by atoms with Gasteiger partial charge in [-0.1, -0.05) is 37.3 Å². The summed E-state index contributed by atoms with van der Waals surface area (Å²) in [6.45, 7) is 4.85. The van der Waals surface area contributed by atoms with Crippen LogP contribution in [0.1, 0.15) is 45.1 Å². The maximum absolute atomic E-state index is 12.3. The van der Waals surface area contributed by atoms with E-state index in [0.717, 1.165) is 19.4 Å². The van der Waals surface area contributed by atoms with Crippen LogP contribution in [-0.2, 0) is 11.3 Å². The summed E-state index contributed by atoms with van der Waals surface area (Å²) in [6.07, 6.45) is 4.65. The van der Waals surface area contributed by atoms with Crippen molar-refractivity contribution in [3.05, 3.63) is 35.9 Å². The summed E-state index contributed by atoms with van der Waals surface area (Å²) in [6, 6.07) is 12.1. The van der Waals surface area contributed by atoms with Crippen LogP contribution in [0.3, 0.4) is 0 Å². The van der Waals surface area contributed by atoms with E-state index in [4.69, 9.17) is 5.73 Å². The maximum Gasteiger partial charge on any atom is 0.224 e. The van der Waals surface area contributed by atoms with Gasteiger partial charge in [-0.25, -0.2) is 0 Å². The molecule has 2 saturated heterocycles. The number of carbonyl (C=O) groups is 1. The van der Waals surface area contributed by atoms with E-state index >= 15 is 0 Å². The molecule has 1 amide bonds. The second-order valence-corrected chi connectivity index (χ2v) is 7.37. The monoisotopic (exact) mass is 387 g/mol. The molecular weight excluding hydrogens is 357 g/mol. The summed E-state index contributed by atoms with van der Waals surface area (Å²) in [5, 5.41) is 3.24. The summed E-state index contributed by atoms with van der Waals surface area (Å²) in [7, 11) is 0. The van der Waals surface area contributed by atoms with Gasteiger partial charge < -0.3 is 11.1 Å². The lowest BCUT2D eigenvalue weighted by Crippen LogP contribution is -2.51. The molecule has 0 aromatic heterocycles. The lowest BCUT2D eigenvalue weighted by molar-refractivity contribution is -0.126. The van der Waals surface area contributed by atoms with Crippen LogP contribution in [0.4, 0.5) is 0 Å². The third kappa shape index (κ3) is 5.33. The van der Waals surface area contributed by atoms with E-state index in [1.165, 1.54) is 18.4 Å². The molecule has 25 heavy (non-hydrogen) atoms. The number of nitrogens with one attached hydrogen (secondary N) is 1. The molecule has 1 aromatic carbocycles.